The molecule has 1 nitrogen and oxygen atoms in total. The van der Waals surface area contributed by atoms with Gasteiger partial charge in [0.1, 0.15) is 11.9 Å². The summed E-state index contributed by atoms with van der Waals surface area (Å²) < 4.78 is 5.44. The van der Waals surface area contributed by atoms with Crippen LogP contribution in [-0.2, 0) is 0 Å². The molecule has 0 aliphatic heterocycles. The highest BCUT2D eigenvalue weighted by Crippen LogP contribution is 2.28. The van der Waals surface area contributed by atoms with Crippen LogP contribution in [0.3, 0.4) is 0 Å². The van der Waals surface area contributed by atoms with E-state index in [0.29, 0.717) is 15.8 Å². The number of benzene rings is 1. The molecule has 1 unspecified atom stereocenters. The predicted octanol–water partition coefficient (Wildman–Crippen LogP) is 3.95. The fourth-order valence-electron chi connectivity index (χ4n) is 0.816. The van der Waals surface area contributed by atoms with Gasteiger partial charge in [-0.05, 0) is 19.1 Å². The third-order valence-corrected chi connectivity index (χ3v) is 2.09. The van der Waals surface area contributed by atoms with Crippen molar-refractivity contribution in [1.82, 2.24) is 0 Å². The molecule has 13 heavy (non-hydrogen) atoms. The molecule has 0 bridgehead atoms. The Hall–Kier alpha value is -0.660. The Kier molecular flexibility index (Phi) is 3.64. The molecule has 0 amide bonds. The SMILES string of the molecule is C=CC(C)Oc1cc(Cl)ccc1Cl. The van der Waals surface area contributed by atoms with E-state index in [1.165, 1.54) is 0 Å². The van der Waals surface area contributed by atoms with E-state index < -0.39 is 0 Å². The number of hydrogen-bond acceptors (Lipinski definition) is 1. The van der Waals surface area contributed by atoms with Crippen LogP contribution in [0.15, 0.2) is 30.9 Å². The quantitative estimate of drug-likeness (QED) is 0.696. The maximum Gasteiger partial charge on any atom is 0.140 e. The molecule has 3 heteroatoms. The molecule has 1 atom stereocenters. The molecular weight excluding hydrogens is 207 g/mol. The van der Waals surface area contributed by atoms with Crippen molar-refractivity contribution in [3.05, 3.63) is 40.9 Å². The van der Waals surface area contributed by atoms with E-state index in [1.54, 1.807) is 24.3 Å². The molecule has 1 aromatic rings. The lowest BCUT2D eigenvalue weighted by molar-refractivity contribution is 0.270. The Bertz CT molecular complexity index is 310. The first-order valence-corrected chi connectivity index (χ1v) is 4.63. The highest BCUT2D eigenvalue weighted by atomic mass is 35.5. The van der Waals surface area contributed by atoms with Gasteiger partial charge in [0.25, 0.3) is 0 Å². The summed E-state index contributed by atoms with van der Waals surface area (Å²) in [6.07, 6.45) is 1.62. The van der Waals surface area contributed by atoms with Gasteiger partial charge in [-0.25, -0.2) is 0 Å². The van der Waals surface area contributed by atoms with Crippen molar-refractivity contribution in [3.8, 4) is 5.75 Å². The molecule has 1 aromatic carbocycles. The van der Waals surface area contributed by atoms with Gasteiger partial charge < -0.3 is 4.74 Å². The molecule has 0 aliphatic rings. The maximum absolute atomic E-state index is 5.88. The Labute approximate surface area is 87.9 Å². The van der Waals surface area contributed by atoms with Gasteiger partial charge >= 0.3 is 0 Å². The Morgan fingerprint density at radius 3 is 2.77 bits per heavy atom. The predicted molar refractivity (Wildman–Crippen MR) is 56.7 cm³/mol. The van der Waals surface area contributed by atoms with Gasteiger partial charge in [0.2, 0.25) is 0 Å². The van der Waals surface area contributed by atoms with Crippen molar-refractivity contribution < 1.29 is 4.74 Å². The average molecular weight is 217 g/mol. The van der Waals surface area contributed by atoms with Crippen LogP contribution < -0.4 is 4.74 Å². The van der Waals surface area contributed by atoms with Crippen molar-refractivity contribution in [2.24, 2.45) is 0 Å². The molecular formula is C10H10Cl2O. The molecule has 0 radical (unpaired) electrons. The number of rotatable bonds is 3. The van der Waals surface area contributed by atoms with E-state index in [9.17, 15) is 0 Å². The zero-order valence-corrected chi connectivity index (χ0v) is 8.77. The van der Waals surface area contributed by atoms with Gasteiger partial charge in [-0.2, -0.15) is 0 Å². The first-order chi connectivity index (χ1) is 6.13. The zero-order chi connectivity index (χ0) is 9.84. The summed E-state index contributed by atoms with van der Waals surface area (Å²) in [5.74, 6) is 0.585. The molecule has 0 aromatic heterocycles. The van der Waals surface area contributed by atoms with Crippen LogP contribution in [-0.4, -0.2) is 6.10 Å². The minimum atomic E-state index is -0.0732. The second-order valence-electron chi connectivity index (χ2n) is 2.63. The molecule has 70 valence electrons. The number of halogens is 2. The summed E-state index contributed by atoms with van der Waals surface area (Å²) in [4.78, 5) is 0. The minimum absolute atomic E-state index is 0.0732. The van der Waals surface area contributed by atoms with Gasteiger partial charge in [-0.15, -0.1) is 0 Å². The van der Waals surface area contributed by atoms with Gasteiger partial charge in [0.05, 0.1) is 5.02 Å². The van der Waals surface area contributed by atoms with E-state index in [0.717, 1.165) is 0 Å². The van der Waals surface area contributed by atoms with E-state index >= 15 is 0 Å². The van der Waals surface area contributed by atoms with Gasteiger partial charge in [-0.3, -0.25) is 0 Å². The van der Waals surface area contributed by atoms with E-state index in [1.807, 2.05) is 6.92 Å². The van der Waals surface area contributed by atoms with E-state index in [-0.39, 0.29) is 6.10 Å². The second kappa shape index (κ2) is 4.54. The highest BCUT2D eigenvalue weighted by Gasteiger charge is 2.04. The smallest absolute Gasteiger partial charge is 0.140 e. The minimum Gasteiger partial charge on any atom is -0.485 e. The molecule has 0 heterocycles. The first-order valence-electron chi connectivity index (χ1n) is 3.87. The lowest BCUT2D eigenvalue weighted by Gasteiger charge is -2.11. The third-order valence-electron chi connectivity index (χ3n) is 1.54. The third kappa shape index (κ3) is 2.94. The second-order valence-corrected chi connectivity index (χ2v) is 3.48. The molecule has 0 saturated heterocycles. The van der Waals surface area contributed by atoms with Crippen molar-refractivity contribution in [1.29, 1.82) is 0 Å². The van der Waals surface area contributed by atoms with Crippen molar-refractivity contribution >= 4 is 23.2 Å². The fourth-order valence-corrected chi connectivity index (χ4v) is 1.14. The molecule has 0 fully saturated rings. The van der Waals surface area contributed by atoms with E-state index in [2.05, 4.69) is 6.58 Å². The Morgan fingerprint density at radius 1 is 1.46 bits per heavy atom. The van der Waals surface area contributed by atoms with Crippen molar-refractivity contribution in [2.75, 3.05) is 0 Å². The summed E-state index contributed by atoms with van der Waals surface area (Å²) in [5.41, 5.74) is 0. The van der Waals surface area contributed by atoms with Crippen LogP contribution >= 0.6 is 23.2 Å². The summed E-state index contributed by atoms with van der Waals surface area (Å²) in [5, 5.41) is 1.16. The largest absolute Gasteiger partial charge is 0.485 e. The maximum atomic E-state index is 5.88. The normalized spacial score (nSPS) is 12.2. The van der Waals surface area contributed by atoms with Crippen molar-refractivity contribution in [2.45, 2.75) is 13.0 Å². The zero-order valence-electron chi connectivity index (χ0n) is 7.26. The van der Waals surface area contributed by atoms with Gasteiger partial charge in [0.15, 0.2) is 0 Å². The fraction of sp³-hybridized carbons (Fsp3) is 0.200. The van der Waals surface area contributed by atoms with Crippen LogP contribution in [0.5, 0.6) is 5.75 Å². The topological polar surface area (TPSA) is 9.23 Å². The monoisotopic (exact) mass is 216 g/mol. The lowest BCUT2D eigenvalue weighted by Crippen LogP contribution is -2.07. The molecule has 0 aliphatic carbocycles. The van der Waals surface area contributed by atoms with Crippen LogP contribution in [0.25, 0.3) is 0 Å². The first kappa shape index (κ1) is 10.4. The van der Waals surface area contributed by atoms with Crippen molar-refractivity contribution in [3.63, 3.8) is 0 Å². The summed E-state index contributed by atoms with van der Waals surface area (Å²) in [7, 11) is 0. The van der Waals surface area contributed by atoms with Crippen LogP contribution in [0.2, 0.25) is 10.0 Å². The van der Waals surface area contributed by atoms with E-state index in [4.69, 9.17) is 27.9 Å². The average Bonchev–Trinajstić information content (AvgIpc) is 2.11. The van der Waals surface area contributed by atoms with Gasteiger partial charge in [-0.1, -0.05) is 35.9 Å². The van der Waals surface area contributed by atoms with Crippen LogP contribution in [0.4, 0.5) is 0 Å². The highest BCUT2D eigenvalue weighted by molar-refractivity contribution is 6.34. The number of ether oxygens (including phenoxy) is 1. The Morgan fingerprint density at radius 2 is 2.15 bits per heavy atom. The number of hydrogen-bond donors (Lipinski definition) is 0. The Balaban J connectivity index is 2.86. The van der Waals surface area contributed by atoms with Crippen LogP contribution in [0.1, 0.15) is 6.92 Å². The summed E-state index contributed by atoms with van der Waals surface area (Å²) >= 11 is 11.7. The standard InChI is InChI=1S/C10H10Cl2O/c1-3-7(2)13-10-6-8(11)4-5-9(10)12/h3-7H,1H2,2H3. The van der Waals surface area contributed by atoms with Crippen LogP contribution in [0, 0.1) is 0 Å². The molecule has 0 saturated carbocycles. The molecule has 0 spiro atoms. The van der Waals surface area contributed by atoms with Gasteiger partial charge in [0, 0.05) is 11.1 Å². The lowest BCUT2D eigenvalue weighted by atomic mass is 10.3. The summed E-state index contributed by atoms with van der Waals surface area (Å²) in [6.45, 7) is 5.49. The molecule has 1 rings (SSSR count). The summed E-state index contributed by atoms with van der Waals surface area (Å²) in [6, 6.07) is 5.11. The molecule has 0 N–H and O–H groups in total.